The molecule has 0 radical (unpaired) electrons. The summed E-state index contributed by atoms with van der Waals surface area (Å²) in [7, 11) is 4.06. The van der Waals surface area contributed by atoms with Crippen molar-refractivity contribution in [1.82, 2.24) is 4.90 Å². The number of piperidine rings is 1. The third kappa shape index (κ3) is 5.12. The second kappa shape index (κ2) is 8.25. The molecule has 2 nitrogen and oxygen atoms in total. The van der Waals surface area contributed by atoms with E-state index >= 15 is 0 Å². The predicted octanol–water partition coefficient (Wildman–Crippen LogP) is 4.13. The summed E-state index contributed by atoms with van der Waals surface area (Å²) in [5.41, 5.74) is 0. The highest BCUT2D eigenvalue weighted by molar-refractivity contribution is 14.1. The molecule has 0 aliphatic carbocycles. The average molecular weight is 399 g/mol. The van der Waals surface area contributed by atoms with Gasteiger partial charge in [0, 0.05) is 34.4 Å². The number of rotatable bonds is 5. The van der Waals surface area contributed by atoms with Crippen LogP contribution in [0.2, 0.25) is 0 Å². The van der Waals surface area contributed by atoms with Crippen molar-refractivity contribution in [3.63, 3.8) is 0 Å². The monoisotopic (exact) mass is 399 g/mol. The van der Waals surface area contributed by atoms with Crippen molar-refractivity contribution in [2.45, 2.75) is 54.1 Å². The molecular formula is C13H22INOS2. The van der Waals surface area contributed by atoms with Gasteiger partial charge in [0.25, 0.3) is 0 Å². The van der Waals surface area contributed by atoms with E-state index in [0.29, 0.717) is 5.91 Å². The van der Waals surface area contributed by atoms with Gasteiger partial charge < -0.3 is 4.90 Å². The fraction of sp³-hybridized carbons (Fsp3) is 0.923. The molecule has 2 heterocycles. The fourth-order valence-corrected chi connectivity index (χ4v) is 6.05. The molecule has 0 N–H and O–H groups in total. The number of amides is 1. The standard InChI is InChI=1S/C13H22INOS2/c14-11-5-8-15(9-6-11)13(16)4-2-1-3-12-7-10-17-18-12/h11-12H,1-10H2/t12-/m1/s1. The van der Waals surface area contributed by atoms with Gasteiger partial charge in [-0.25, -0.2) is 0 Å². The molecule has 0 spiro atoms. The Balaban J connectivity index is 1.54. The maximum Gasteiger partial charge on any atom is 0.222 e. The normalized spacial score (nSPS) is 25.6. The summed E-state index contributed by atoms with van der Waals surface area (Å²) in [5, 5.41) is 0.861. The van der Waals surface area contributed by atoms with Crippen LogP contribution in [0.5, 0.6) is 0 Å². The van der Waals surface area contributed by atoms with E-state index < -0.39 is 0 Å². The van der Waals surface area contributed by atoms with E-state index in [0.717, 1.165) is 35.1 Å². The van der Waals surface area contributed by atoms with Gasteiger partial charge in [-0.15, -0.1) is 0 Å². The Kier molecular flexibility index (Phi) is 7.01. The van der Waals surface area contributed by atoms with Gasteiger partial charge in [-0.1, -0.05) is 50.6 Å². The zero-order chi connectivity index (χ0) is 12.8. The molecule has 104 valence electrons. The van der Waals surface area contributed by atoms with Gasteiger partial charge in [-0.2, -0.15) is 0 Å². The lowest BCUT2D eigenvalue weighted by atomic mass is 10.1. The molecule has 2 rings (SSSR count). The minimum absolute atomic E-state index is 0.395. The predicted molar refractivity (Wildman–Crippen MR) is 90.5 cm³/mol. The second-order valence-electron chi connectivity index (χ2n) is 5.13. The summed E-state index contributed by atoms with van der Waals surface area (Å²) in [6.45, 7) is 1.98. The first-order valence-corrected chi connectivity index (χ1v) is 10.6. The molecule has 0 aromatic carbocycles. The van der Waals surface area contributed by atoms with Crippen LogP contribution in [0.25, 0.3) is 0 Å². The zero-order valence-corrected chi connectivity index (χ0v) is 14.6. The van der Waals surface area contributed by atoms with Crippen LogP contribution in [0.3, 0.4) is 0 Å². The van der Waals surface area contributed by atoms with Crippen molar-refractivity contribution >= 4 is 50.1 Å². The molecule has 0 aromatic heterocycles. The van der Waals surface area contributed by atoms with Gasteiger partial charge in [0.1, 0.15) is 0 Å². The lowest BCUT2D eigenvalue weighted by molar-refractivity contribution is -0.132. The van der Waals surface area contributed by atoms with Crippen molar-refractivity contribution in [3.05, 3.63) is 0 Å². The van der Waals surface area contributed by atoms with E-state index in [9.17, 15) is 4.79 Å². The summed E-state index contributed by atoms with van der Waals surface area (Å²) in [6, 6.07) is 0. The van der Waals surface area contributed by atoms with Crippen LogP contribution < -0.4 is 0 Å². The molecule has 2 saturated heterocycles. The lowest BCUT2D eigenvalue weighted by Crippen LogP contribution is -2.38. The zero-order valence-electron chi connectivity index (χ0n) is 10.8. The van der Waals surface area contributed by atoms with Crippen LogP contribution in [0.15, 0.2) is 0 Å². The van der Waals surface area contributed by atoms with Gasteiger partial charge in [-0.05, 0) is 32.1 Å². The summed E-state index contributed by atoms with van der Waals surface area (Å²) >= 11 is 2.50. The van der Waals surface area contributed by atoms with Crippen LogP contribution in [-0.4, -0.2) is 38.8 Å². The summed E-state index contributed by atoms with van der Waals surface area (Å²) in [6.07, 6.45) is 8.13. The fourth-order valence-electron chi connectivity index (χ4n) is 2.47. The quantitative estimate of drug-likeness (QED) is 0.300. The maximum atomic E-state index is 12.0. The highest BCUT2D eigenvalue weighted by Crippen LogP contribution is 2.39. The Bertz CT molecular complexity index is 264. The highest BCUT2D eigenvalue weighted by atomic mass is 127. The number of hydrogen-bond donors (Lipinski definition) is 0. The molecule has 5 heteroatoms. The number of carbonyl (C=O) groups is 1. The van der Waals surface area contributed by atoms with Crippen LogP contribution in [-0.2, 0) is 4.79 Å². The van der Waals surface area contributed by atoms with Crippen LogP contribution in [0, 0.1) is 0 Å². The van der Waals surface area contributed by atoms with E-state index in [2.05, 4.69) is 27.5 Å². The molecule has 2 aliphatic heterocycles. The number of halogens is 1. The molecule has 0 bridgehead atoms. The topological polar surface area (TPSA) is 20.3 Å². The summed E-state index contributed by atoms with van der Waals surface area (Å²) in [5.74, 6) is 1.71. The summed E-state index contributed by atoms with van der Waals surface area (Å²) < 4.78 is 0.781. The van der Waals surface area contributed by atoms with Crippen molar-refractivity contribution < 1.29 is 4.79 Å². The Morgan fingerprint density at radius 2 is 2.00 bits per heavy atom. The Hall–Kier alpha value is 0.900. The number of alkyl halides is 1. The molecule has 1 amide bonds. The molecule has 0 aromatic rings. The van der Waals surface area contributed by atoms with Crippen LogP contribution in [0.1, 0.15) is 44.9 Å². The number of likely N-dealkylation sites (tertiary alicyclic amines) is 1. The maximum absolute atomic E-state index is 12.0. The number of unbranched alkanes of at least 4 members (excludes halogenated alkanes) is 1. The Morgan fingerprint density at radius 3 is 2.67 bits per heavy atom. The van der Waals surface area contributed by atoms with Crippen LogP contribution >= 0.6 is 44.2 Å². The smallest absolute Gasteiger partial charge is 0.222 e. The molecule has 0 unspecified atom stereocenters. The van der Waals surface area contributed by atoms with E-state index in [-0.39, 0.29) is 0 Å². The Labute approximate surface area is 132 Å². The lowest BCUT2D eigenvalue weighted by Gasteiger charge is -2.29. The molecule has 2 aliphatic rings. The van der Waals surface area contributed by atoms with Crippen molar-refractivity contribution in [3.8, 4) is 0 Å². The third-order valence-electron chi connectivity index (χ3n) is 3.67. The summed E-state index contributed by atoms with van der Waals surface area (Å²) in [4.78, 5) is 14.1. The van der Waals surface area contributed by atoms with Crippen molar-refractivity contribution in [1.29, 1.82) is 0 Å². The number of nitrogens with zero attached hydrogens (tertiary/aromatic N) is 1. The van der Waals surface area contributed by atoms with E-state index in [4.69, 9.17) is 0 Å². The highest BCUT2D eigenvalue weighted by Gasteiger charge is 2.21. The van der Waals surface area contributed by atoms with Crippen LogP contribution in [0.4, 0.5) is 0 Å². The van der Waals surface area contributed by atoms with Gasteiger partial charge in [0.15, 0.2) is 0 Å². The van der Waals surface area contributed by atoms with Crippen molar-refractivity contribution in [2.75, 3.05) is 18.8 Å². The Morgan fingerprint density at radius 1 is 1.22 bits per heavy atom. The first kappa shape index (κ1) is 15.3. The molecule has 18 heavy (non-hydrogen) atoms. The van der Waals surface area contributed by atoms with Crippen molar-refractivity contribution in [2.24, 2.45) is 0 Å². The van der Waals surface area contributed by atoms with Gasteiger partial charge >= 0.3 is 0 Å². The first-order valence-electron chi connectivity index (χ1n) is 6.96. The molecule has 2 fully saturated rings. The number of carbonyl (C=O) groups excluding carboxylic acids is 1. The average Bonchev–Trinajstić information content (AvgIpc) is 2.88. The minimum Gasteiger partial charge on any atom is -0.343 e. The largest absolute Gasteiger partial charge is 0.343 e. The van der Waals surface area contributed by atoms with E-state index in [1.807, 2.05) is 21.6 Å². The van der Waals surface area contributed by atoms with E-state index in [1.165, 1.54) is 37.9 Å². The SMILES string of the molecule is O=C(CCCC[C@@H]1CCSS1)N1CCC(I)CC1. The third-order valence-corrected chi connectivity index (χ3v) is 7.92. The van der Waals surface area contributed by atoms with Gasteiger partial charge in [0.05, 0.1) is 0 Å². The van der Waals surface area contributed by atoms with Gasteiger partial charge in [0.2, 0.25) is 5.91 Å². The second-order valence-corrected chi connectivity index (χ2v) is 9.68. The first-order chi connectivity index (χ1) is 8.75. The molecular weight excluding hydrogens is 377 g/mol. The molecule has 1 atom stereocenters. The number of hydrogen-bond acceptors (Lipinski definition) is 3. The minimum atomic E-state index is 0.395. The molecule has 0 saturated carbocycles. The van der Waals surface area contributed by atoms with E-state index in [1.54, 1.807) is 0 Å². The van der Waals surface area contributed by atoms with Gasteiger partial charge in [-0.3, -0.25) is 4.79 Å².